The van der Waals surface area contributed by atoms with Gasteiger partial charge in [-0.2, -0.15) is 0 Å². The van der Waals surface area contributed by atoms with Crippen LogP contribution in [0.4, 0.5) is 21.5 Å². The third-order valence-corrected chi connectivity index (χ3v) is 6.31. The summed E-state index contributed by atoms with van der Waals surface area (Å²) in [6.07, 6.45) is -0.848. The number of aliphatic hydroxyl groups excluding tert-OH is 1. The minimum atomic E-state index is -0.848. The van der Waals surface area contributed by atoms with Gasteiger partial charge in [-0.05, 0) is 50.1 Å². The molecule has 0 amide bonds. The molecule has 2 N–H and O–H groups in total. The zero-order valence-corrected chi connectivity index (χ0v) is 20.3. The van der Waals surface area contributed by atoms with Crippen molar-refractivity contribution in [2.75, 3.05) is 24.4 Å². The van der Waals surface area contributed by atoms with Gasteiger partial charge >= 0.3 is 0 Å². The number of non-ortho nitro benzene ring substituents is 1. The van der Waals surface area contributed by atoms with Gasteiger partial charge in [-0.25, -0.2) is 4.39 Å². The number of aliphatic hydroxyl groups is 1. The number of benzene rings is 3. The van der Waals surface area contributed by atoms with E-state index in [0.29, 0.717) is 33.9 Å². The molecule has 0 bridgehead atoms. The summed E-state index contributed by atoms with van der Waals surface area (Å²) in [5, 5.41) is 25.6. The molecule has 1 aliphatic rings. The first-order valence-corrected chi connectivity index (χ1v) is 11.1. The summed E-state index contributed by atoms with van der Waals surface area (Å²) in [7, 11) is 3.24. The number of ether oxygens (including phenoxy) is 2. The summed E-state index contributed by atoms with van der Waals surface area (Å²) >= 11 is 0. The van der Waals surface area contributed by atoms with Gasteiger partial charge in [0.2, 0.25) is 0 Å². The number of nitro groups is 1. The Morgan fingerprint density at radius 2 is 1.86 bits per heavy atom. The molecular weight excluding hydrogens is 453 g/mol. The Bertz CT molecular complexity index is 1290. The third kappa shape index (κ3) is 4.46. The summed E-state index contributed by atoms with van der Waals surface area (Å²) in [6.45, 7) is 5.69. The second-order valence-corrected chi connectivity index (χ2v) is 9.16. The van der Waals surface area contributed by atoms with Crippen molar-refractivity contribution in [3.05, 3.63) is 75.6 Å². The molecule has 0 aromatic heterocycles. The number of halogens is 1. The first kappa shape index (κ1) is 24.3. The van der Waals surface area contributed by atoms with Crippen molar-refractivity contribution in [2.45, 2.75) is 39.1 Å². The molecule has 0 saturated carbocycles. The molecule has 0 radical (unpaired) electrons. The lowest BCUT2D eigenvalue weighted by Gasteiger charge is -2.46. The van der Waals surface area contributed by atoms with Crippen LogP contribution in [0.1, 0.15) is 25.0 Å². The van der Waals surface area contributed by atoms with Crippen LogP contribution in [0, 0.1) is 22.9 Å². The summed E-state index contributed by atoms with van der Waals surface area (Å²) in [4.78, 5) is 12.6. The highest BCUT2D eigenvalue weighted by Gasteiger charge is 2.38. The average molecular weight is 482 g/mol. The first-order valence-electron chi connectivity index (χ1n) is 11.1. The summed E-state index contributed by atoms with van der Waals surface area (Å²) in [6, 6.07) is 12.5. The number of nitrogens with zero attached hydrogens (tertiary/aromatic N) is 2. The van der Waals surface area contributed by atoms with Gasteiger partial charge in [0.1, 0.15) is 30.2 Å². The molecule has 1 unspecified atom stereocenters. The van der Waals surface area contributed by atoms with E-state index in [-0.39, 0.29) is 12.3 Å². The van der Waals surface area contributed by atoms with Crippen LogP contribution in [0.25, 0.3) is 11.1 Å². The van der Waals surface area contributed by atoms with E-state index in [1.165, 1.54) is 31.4 Å². The van der Waals surface area contributed by atoms with Crippen LogP contribution in [0.15, 0.2) is 48.5 Å². The monoisotopic (exact) mass is 481 g/mol. The predicted octanol–water partition coefficient (Wildman–Crippen LogP) is 5.26. The zero-order valence-electron chi connectivity index (χ0n) is 20.3. The standard InChI is InChI=1S/C26H28FN3O5/c1-15-6-7-16(27)12-22(15)35-14-20-18(19-9-8-17(30(32)33)13-23(19)34-5)10-11-21-24(20)29(4)25(31)26(2,3)28-21/h6-13,25,28,31H,14H2,1-5H3. The molecule has 35 heavy (non-hydrogen) atoms. The van der Waals surface area contributed by atoms with Gasteiger partial charge in [-0.1, -0.05) is 12.1 Å². The largest absolute Gasteiger partial charge is 0.496 e. The maximum atomic E-state index is 13.9. The SMILES string of the molecule is COc1cc([N+](=O)[O-])ccc1-c1ccc2c(c1COc1cc(F)ccc1C)N(C)C(O)C(C)(C)N2. The Balaban J connectivity index is 1.89. The Morgan fingerprint density at radius 1 is 1.14 bits per heavy atom. The highest BCUT2D eigenvalue weighted by molar-refractivity contribution is 5.87. The van der Waals surface area contributed by atoms with Crippen molar-refractivity contribution in [2.24, 2.45) is 0 Å². The number of nitro benzene ring substituents is 1. The quantitative estimate of drug-likeness (QED) is 0.366. The van der Waals surface area contributed by atoms with Crippen LogP contribution in [-0.4, -0.2) is 36.0 Å². The average Bonchev–Trinajstić information content (AvgIpc) is 2.82. The molecule has 3 aromatic rings. The van der Waals surface area contributed by atoms with E-state index < -0.39 is 22.5 Å². The van der Waals surface area contributed by atoms with E-state index >= 15 is 0 Å². The van der Waals surface area contributed by atoms with E-state index in [0.717, 1.165) is 11.3 Å². The fourth-order valence-electron chi connectivity index (χ4n) is 4.45. The molecule has 0 fully saturated rings. The van der Waals surface area contributed by atoms with Crippen LogP contribution in [0.3, 0.4) is 0 Å². The van der Waals surface area contributed by atoms with Gasteiger partial charge < -0.3 is 24.8 Å². The molecule has 4 rings (SSSR count). The topological polar surface area (TPSA) is 97.1 Å². The minimum absolute atomic E-state index is 0.0576. The molecule has 1 atom stereocenters. The smallest absolute Gasteiger partial charge is 0.273 e. The highest BCUT2D eigenvalue weighted by atomic mass is 19.1. The predicted molar refractivity (Wildman–Crippen MR) is 133 cm³/mol. The second-order valence-electron chi connectivity index (χ2n) is 9.16. The van der Waals surface area contributed by atoms with E-state index in [1.807, 2.05) is 32.9 Å². The molecular formula is C26H28FN3O5. The minimum Gasteiger partial charge on any atom is -0.496 e. The summed E-state index contributed by atoms with van der Waals surface area (Å²) in [5.74, 6) is 0.320. The Morgan fingerprint density at radius 3 is 2.54 bits per heavy atom. The molecule has 1 aliphatic heterocycles. The normalized spacial score (nSPS) is 16.3. The Hall–Kier alpha value is -3.85. The van der Waals surface area contributed by atoms with Gasteiger partial charge in [0.05, 0.1) is 35.0 Å². The zero-order chi connectivity index (χ0) is 25.5. The van der Waals surface area contributed by atoms with E-state index in [4.69, 9.17) is 9.47 Å². The van der Waals surface area contributed by atoms with E-state index in [2.05, 4.69) is 5.32 Å². The molecule has 0 saturated heterocycles. The second kappa shape index (κ2) is 9.07. The number of hydrogen-bond donors (Lipinski definition) is 2. The highest BCUT2D eigenvalue weighted by Crippen LogP contribution is 2.45. The third-order valence-electron chi connectivity index (χ3n) is 6.31. The Labute approximate surface area is 203 Å². The number of nitrogens with one attached hydrogen (secondary N) is 1. The van der Waals surface area contributed by atoms with Gasteiger partial charge in [0, 0.05) is 30.3 Å². The van der Waals surface area contributed by atoms with Crippen LogP contribution in [0.2, 0.25) is 0 Å². The van der Waals surface area contributed by atoms with Gasteiger partial charge in [0.15, 0.2) is 0 Å². The van der Waals surface area contributed by atoms with Crippen LogP contribution >= 0.6 is 0 Å². The number of methoxy groups -OCH3 is 1. The van der Waals surface area contributed by atoms with Crippen molar-refractivity contribution in [1.29, 1.82) is 0 Å². The number of likely N-dealkylation sites (N-methyl/N-ethyl adjacent to an activating group) is 1. The van der Waals surface area contributed by atoms with Gasteiger partial charge in [-0.3, -0.25) is 10.1 Å². The first-order chi connectivity index (χ1) is 16.5. The number of fused-ring (bicyclic) bond motifs is 1. The fraction of sp³-hybridized carbons (Fsp3) is 0.308. The summed E-state index contributed by atoms with van der Waals surface area (Å²) in [5.41, 5.74) is 3.62. The lowest BCUT2D eigenvalue weighted by molar-refractivity contribution is -0.384. The number of hydrogen-bond acceptors (Lipinski definition) is 7. The maximum absolute atomic E-state index is 13.9. The fourth-order valence-corrected chi connectivity index (χ4v) is 4.45. The van der Waals surface area contributed by atoms with Crippen molar-refractivity contribution in [3.8, 4) is 22.6 Å². The van der Waals surface area contributed by atoms with Crippen molar-refractivity contribution in [3.63, 3.8) is 0 Å². The molecule has 1 heterocycles. The molecule has 184 valence electrons. The lowest BCUT2D eigenvalue weighted by Crippen LogP contribution is -2.56. The number of anilines is 2. The van der Waals surface area contributed by atoms with Crippen LogP contribution < -0.4 is 19.7 Å². The van der Waals surface area contributed by atoms with E-state index in [9.17, 15) is 19.6 Å². The van der Waals surface area contributed by atoms with Crippen molar-refractivity contribution >= 4 is 17.1 Å². The molecule has 0 aliphatic carbocycles. The van der Waals surface area contributed by atoms with E-state index in [1.54, 1.807) is 24.1 Å². The molecule has 3 aromatic carbocycles. The molecule has 9 heteroatoms. The maximum Gasteiger partial charge on any atom is 0.273 e. The van der Waals surface area contributed by atoms with Crippen molar-refractivity contribution < 1.29 is 23.9 Å². The van der Waals surface area contributed by atoms with Crippen LogP contribution in [-0.2, 0) is 6.61 Å². The number of aryl methyl sites for hydroxylation is 1. The van der Waals surface area contributed by atoms with Crippen molar-refractivity contribution in [1.82, 2.24) is 0 Å². The molecule has 0 spiro atoms. The molecule has 8 nitrogen and oxygen atoms in total. The van der Waals surface area contributed by atoms with Gasteiger partial charge in [0.25, 0.3) is 5.69 Å². The summed E-state index contributed by atoms with van der Waals surface area (Å²) < 4.78 is 25.5. The van der Waals surface area contributed by atoms with Gasteiger partial charge in [-0.15, -0.1) is 0 Å². The Kier molecular flexibility index (Phi) is 6.29. The lowest BCUT2D eigenvalue weighted by atomic mass is 9.91. The number of rotatable bonds is 6. The van der Waals surface area contributed by atoms with Crippen LogP contribution in [0.5, 0.6) is 11.5 Å².